The van der Waals surface area contributed by atoms with E-state index in [1.165, 1.54) is 0 Å². The van der Waals surface area contributed by atoms with Crippen LogP contribution in [0.15, 0.2) is 66.7 Å². The van der Waals surface area contributed by atoms with Gasteiger partial charge in [-0.05, 0) is 86.5 Å². The van der Waals surface area contributed by atoms with Crippen LogP contribution in [0.2, 0.25) is 0 Å². The summed E-state index contributed by atoms with van der Waals surface area (Å²) in [5, 5.41) is 5.72. The van der Waals surface area contributed by atoms with E-state index in [9.17, 15) is 9.59 Å². The zero-order valence-electron chi connectivity index (χ0n) is 18.1. The number of methoxy groups -OCH3 is 1. The minimum Gasteiger partial charge on any atom is -0.497 e. The summed E-state index contributed by atoms with van der Waals surface area (Å²) in [4.78, 5) is 24.9. The summed E-state index contributed by atoms with van der Waals surface area (Å²) in [5.74, 6) is 0.743. The van der Waals surface area contributed by atoms with Gasteiger partial charge in [-0.15, -0.1) is 0 Å². The maximum Gasteiger partial charge on any atom is 0.265 e. The number of hydrogen-bond acceptors (Lipinski definition) is 4. The molecule has 2 N–H and O–H groups in total. The molecular formula is C25H26N2O4. The maximum absolute atomic E-state index is 12.5. The summed E-state index contributed by atoms with van der Waals surface area (Å²) in [6.07, 6.45) is -0.695. The Labute approximate surface area is 182 Å². The van der Waals surface area contributed by atoms with Crippen LogP contribution >= 0.6 is 0 Å². The molecule has 31 heavy (non-hydrogen) atoms. The molecule has 3 aromatic carbocycles. The number of rotatable bonds is 7. The second-order valence-corrected chi connectivity index (χ2v) is 7.20. The van der Waals surface area contributed by atoms with Crippen LogP contribution in [0.25, 0.3) is 0 Å². The van der Waals surface area contributed by atoms with E-state index >= 15 is 0 Å². The highest BCUT2D eigenvalue weighted by molar-refractivity contribution is 6.04. The van der Waals surface area contributed by atoms with E-state index in [-0.39, 0.29) is 11.8 Å². The Kier molecular flexibility index (Phi) is 6.92. The SMILES string of the molecule is COc1ccc(NC(=O)c2ccc(O[C@H](C)C(=O)Nc3cccc(C)c3C)cc2)cc1. The number of benzene rings is 3. The summed E-state index contributed by atoms with van der Waals surface area (Å²) in [5.41, 5.74) is 4.05. The first-order valence-corrected chi connectivity index (χ1v) is 9.96. The lowest BCUT2D eigenvalue weighted by Gasteiger charge is -2.16. The molecular weight excluding hydrogens is 392 g/mol. The van der Waals surface area contributed by atoms with Crippen molar-refractivity contribution in [1.29, 1.82) is 0 Å². The van der Waals surface area contributed by atoms with Gasteiger partial charge in [0.1, 0.15) is 11.5 Å². The third kappa shape index (κ3) is 5.63. The number of hydrogen-bond donors (Lipinski definition) is 2. The van der Waals surface area contributed by atoms with Gasteiger partial charge < -0.3 is 20.1 Å². The fourth-order valence-corrected chi connectivity index (χ4v) is 2.94. The molecule has 160 valence electrons. The highest BCUT2D eigenvalue weighted by Crippen LogP contribution is 2.20. The average Bonchev–Trinajstić information content (AvgIpc) is 2.77. The molecule has 6 heteroatoms. The summed E-state index contributed by atoms with van der Waals surface area (Å²) in [7, 11) is 1.59. The Morgan fingerprint density at radius 1 is 0.839 bits per heavy atom. The molecule has 0 aliphatic heterocycles. The molecule has 0 aromatic heterocycles. The average molecular weight is 418 g/mol. The predicted molar refractivity (Wildman–Crippen MR) is 122 cm³/mol. The van der Waals surface area contributed by atoms with Crippen molar-refractivity contribution < 1.29 is 19.1 Å². The third-order valence-corrected chi connectivity index (χ3v) is 5.01. The van der Waals surface area contributed by atoms with E-state index < -0.39 is 6.10 Å². The molecule has 0 saturated heterocycles. The quantitative estimate of drug-likeness (QED) is 0.568. The summed E-state index contributed by atoms with van der Waals surface area (Å²) < 4.78 is 10.8. The Hall–Kier alpha value is -3.80. The molecule has 3 aromatic rings. The van der Waals surface area contributed by atoms with Gasteiger partial charge in [-0.2, -0.15) is 0 Å². The summed E-state index contributed by atoms with van der Waals surface area (Å²) in [6.45, 7) is 5.65. The van der Waals surface area contributed by atoms with E-state index in [2.05, 4.69) is 10.6 Å². The number of nitrogens with one attached hydrogen (secondary N) is 2. The molecule has 2 amide bonds. The van der Waals surface area contributed by atoms with E-state index in [1.807, 2.05) is 32.0 Å². The number of carbonyl (C=O) groups is 2. The number of amides is 2. The lowest BCUT2D eigenvalue weighted by Crippen LogP contribution is -2.30. The van der Waals surface area contributed by atoms with Crippen molar-refractivity contribution in [2.75, 3.05) is 17.7 Å². The topological polar surface area (TPSA) is 76.7 Å². The molecule has 0 saturated carbocycles. The monoisotopic (exact) mass is 418 g/mol. The molecule has 0 spiro atoms. The standard InChI is InChI=1S/C25H26N2O4/c1-16-6-5-7-23(17(16)2)27-24(28)18(3)31-22-12-8-19(9-13-22)25(29)26-20-10-14-21(30-4)15-11-20/h5-15,18H,1-4H3,(H,26,29)(H,27,28)/t18-/m1/s1. The van der Waals surface area contributed by atoms with Crippen molar-refractivity contribution in [3.8, 4) is 11.5 Å². The van der Waals surface area contributed by atoms with Crippen molar-refractivity contribution in [2.24, 2.45) is 0 Å². The molecule has 0 bridgehead atoms. The van der Waals surface area contributed by atoms with Crippen LogP contribution in [0.1, 0.15) is 28.4 Å². The van der Waals surface area contributed by atoms with Gasteiger partial charge in [0.05, 0.1) is 7.11 Å². The number of ether oxygens (including phenoxy) is 2. The van der Waals surface area contributed by atoms with E-state index in [4.69, 9.17) is 9.47 Å². The van der Waals surface area contributed by atoms with Crippen LogP contribution in [-0.4, -0.2) is 25.0 Å². The Morgan fingerprint density at radius 2 is 1.48 bits per heavy atom. The van der Waals surface area contributed by atoms with E-state index in [0.29, 0.717) is 17.0 Å². The molecule has 0 aliphatic rings. The maximum atomic E-state index is 12.5. The van der Waals surface area contributed by atoms with Crippen molar-refractivity contribution in [2.45, 2.75) is 26.9 Å². The molecule has 6 nitrogen and oxygen atoms in total. The Morgan fingerprint density at radius 3 is 2.13 bits per heavy atom. The highest BCUT2D eigenvalue weighted by Gasteiger charge is 2.16. The minimum atomic E-state index is -0.695. The number of aryl methyl sites for hydroxylation is 1. The fraction of sp³-hybridized carbons (Fsp3) is 0.200. The van der Waals surface area contributed by atoms with Crippen LogP contribution in [0.4, 0.5) is 11.4 Å². The fourth-order valence-electron chi connectivity index (χ4n) is 2.94. The first-order chi connectivity index (χ1) is 14.9. The molecule has 0 fully saturated rings. The van der Waals surface area contributed by atoms with Gasteiger partial charge in [0.15, 0.2) is 6.10 Å². The zero-order valence-corrected chi connectivity index (χ0v) is 18.1. The van der Waals surface area contributed by atoms with Crippen LogP contribution in [0.3, 0.4) is 0 Å². The van der Waals surface area contributed by atoms with Gasteiger partial charge in [0.2, 0.25) is 0 Å². The van der Waals surface area contributed by atoms with Crippen molar-refractivity contribution in [1.82, 2.24) is 0 Å². The van der Waals surface area contributed by atoms with Gasteiger partial charge in [-0.1, -0.05) is 12.1 Å². The van der Waals surface area contributed by atoms with E-state index in [1.54, 1.807) is 62.6 Å². The molecule has 1 atom stereocenters. The lowest BCUT2D eigenvalue weighted by molar-refractivity contribution is -0.122. The van der Waals surface area contributed by atoms with Crippen molar-refractivity contribution >= 4 is 23.2 Å². The van der Waals surface area contributed by atoms with Crippen molar-refractivity contribution in [3.05, 3.63) is 83.4 Å². The zero-order chi connectivity index (χ0) is 22.4. The van der Waals surface area contributed by atoms with Gasteiger partial charge in [-0.3, -0.25) is 9.59 Å². The Bertz CT molecular complexity index is 1060. The molecule has 0 aliphatic carbocycles. The predicted octanol–water partition coefficient (Wildman–Crippen LogP) is 4.97. The van der Waals surface area contributed by atoms with Gasteiger partial charge in [-0.25, -0.2) is 0 Å². The summed E-state index contributed by atoms with van der Waals surface area (Å²) >= 11 is 0. The first-order valence-electron chi connectivity index (χ1n) is 9.96. The van der Waals surface area contributed by atoms with Crippen LogP contribution in [0.5, 0.6) is 11.5 Å². The molecule has 0 unspecified atom stereocenters. The van der Waals surface area contributed by atoms with Gasteiger partial charge in [0.25, 0.3) is 11.8 Å². The third-order valence-electron chi connectivity index (χ3n) is 5.01. The van der Waals surface area contributed by atoms with Gasteiger partial charge >= 0.3 is 0 Å². The van der Waals surface area contributed by atoms with Gasteiger partial charge in [0, 0.05) is 16.9 Å². The lowest BCUT2D eigenvalue weighted by atomic mass is 10.1. The Balaban J connectivity index is 1.58. The van der Waals surface area contributed by atoms with E-state index in [0.717, 1.165) is 22.6 Å². The largest absolute Gasteiger partial charge is 0.497 e. The normalized spacial score (nSPS) is 11.4. The van der Waals surface area contributed by atoms with Crippen LogP contribution in [0, 0.1) is 13.8 Å². The number of anilines is 2. The smallest absolute Gasteiger partial charge is 0.265 e. The second kappa shape index (κ2) is 9.80. The van der Waals surface area contributed by atoms with Crippen LogP contribution in [-0.2, 0) is 4.79 Å². The highest BCUT2D eigenvalue weighted by atomic mass is 16.5. The molecule has 0 radical (unpaired) electrons. The molecule has 3 rings (SSSR count). The second-order valence-electron chi connectivity index (χ2n) is 7.20. The minimum absolute atomic E-state index is 0.238. The first kappa shape index (κ1) is 21.9. The molecule has 0 heterocycles. The van der Waals surface area contributed by atoms with Crippen molar-refractivity contribution in [3.63, 3.8) is 0 Å². The summed E-state index contributed by atoms with van der Waals surface area (Å²) in [6, 6.07) is 19.5. The number of carbonyl (C=O) groups excluding carboxylic acids is 2. The van der Waals surface area contributed by atoms with Crippen LogP contribution < -0.4 is 20.1 Å².